The summed E-state index contributed by atoms with van der Waals surface area (Å²) in [7, 11) is 0. The van der Waals surface area contributed by atoms with E-state index in [-0.39, 0.29) is 11.9 Å². The monoisotopic (exact) mass is 269 g/mol. The van der Waals surface area contributed by atoms with Gasteiger partial charge < -0.3 is 16.4 Å². The number of amides is 1. The summed E-state index contributed by atoms with van der Waals surface area (Å²) in [4.78, 5) is 11.6. The predicted octanol–water partition coefficient (Wildman–Crippen LogP) is 3.11. The topological polar surface area (TPSA) is 67.2 Å². The van der Waals surface area contributed by atoms with E-state index in [0.717, 1.165) is 17.1 Å². The molecule has 0 saturated carbocycles. The molecule has 104 valence electrons. The molecule has 1 amide bonds. The van der Waals surface area contributed by atoms with Gasteiger partial charge in [-0.1, -0.05) is 18.2 Å². The minimum Gasteiger partial charge on any atom is -0.356 e. The molecule has 0 heterocycles. The molecule has 2 aromatic rings. The largest absolute Gasteiger partial charge is 0.356 e. The maximum Gasteiger partial charge on any atom is 0.225 e. The Labute approximate surface area is 119 Å². The molecule has 0 bridgehead atoms. The maximum absolute atomic E-state index is 11.6. The second kappa shape index (κ2) is 6.73. The Kier molecular flexibility index (Phi) is 4.74. The summed E-state index contributed by atoms with van der Waals surface area (Å²) in [5, 5.41) is 6.10. The van der Waals surface area contributed by atoms with Gasteiger partial charge in [0, 0.05) is 29.5 Å². The normalized spacial score (nSPS) is 11.7. The molecule has 0 aliphatic carbocycles. The average Bonchev–Trinajstić information content (AvgIpc) is 2.41. The highest BCUT2D eigenvalue weighted by molar-refractivity contribution is 5.91. The van der Waals surface area contributed by atoms with Crippen LogP contribution in [0.3, 0.4) is 0 Å². The van der Waals surface area contributed by atoms with Gasteiger partial charge >= 0.3 is 0 Å². The van der Waals surface area contributed by atoms with Crippen molar-refractivity contribution in [3.63, 3.8) is 0 Å². The summed E-state index contributed by atoms with van der Waals surface area (Å²) < 4.78 is 0. The first-order valence-corrected chi connectivity index (χ1v) is 6.61. The number of carbonyl (C=O) groups is 1. The molecule has 1 unspecified atom stereocenters. The Bertz CT molecular complexity index is 550. The third-order valence-electron chi connectivity index (χ3n) is 2.74. The van der Waals surface area contributed by atoms with Crippen LogP contribution in [0.15, 0.2) is 54.6 Å². The van der Waals surface area contributed by atoms with Crippen LogP contribution in [-0.4, -0.2) is 11.9 Å². The van der Waals surface area contributed by atoms with E-state index < -0.39 is 0 Å². The van der Waals surface area contributed by atoms with Gasteiger partial charge in [-0.3, -0.25) is 4.79 Å². The van der Waals surface area contributed by atoms with Crippen molar-refractivity contribution in [1.29, 1.82) is 0 Å². The van der Waals surface area contributed by atoms with E-state index in [2.05, 4.69) is 10.6 Å². The summed E-state index contributed by atoms with van der Waals surface area (Å²) in [5.74, 6) is -0.0660. The minimum absolute atomic E-state index is 0.0660. The summed E-state index contributed by atoms with van der Waals surface area (Å²) in [6.07, 6.45) is 0.323. The van der Waals surface area contributed by atoms with E-state index in [1.807, 2.05) is 61.5 Å². The van der Waals surface area contributed by atoms with Gasteiger partial charge in [-0.2, -0.15) is 0 Å². The SMILES string of the molecule is CC(N)CC(=O)Nc1ccc(Nc2ccccc2)cc1. The van der Waals surface area contributed by atoms with Crippen LogP contribution < -0.4 is 16.4 Å². The zero-order chi connectivity index (χ0) is 14.4. The number of nitrogens with one attached hydrogen (secondary N) is 2. The molecule has 0 fully saturated rings. The fourth-order valence-electron chi connectivity index (χ4n) is 1.83. The Morgan fingerprint density at radius 2 is 1.55 bits per heavy atom. The fraction of sp³-hybridized carbons (Fsp3) is 0.188. The Morgan fingerprint density at radius 1 is 1.00 bits per heavy atom. The van der Waals surface area contributed by atoms with E-state index >= 15 is 0 Å². The second-order valence-corrected chi connectivity index (χ2v) is 4.80. The standard InChI is InChI=1S/C16H19N3O/c1-12(17)11-16(20)19-15-9-7-14(8-10-15)18-13-5-3-2-4-6-13/h2-10,12,18H,11,17H2,1H3,(H,19,20). The number of hydrogen-bond acceptors (Lipinski definition) is 3. The summed E-state index contributed by atoms with van der Waals surface area (Å²) >= 11 is 0. The molecule has 4 heteroatoms. The first kappa shape index (κ1) is 14.1. The van der Waals surface area contributed by atoms with Crippen molar-refractivity contribution in [1.82, 2.24) is 0 Å². The minimum atomic E-state index is -0.131. The van der Waals surface area contributed by atoms with Crippen LogP contribution in [0, 0.1) is 0 Å². The van der Waals surface area contributed by atoms with Crippen molar-refractivity contribution in [3.05, 3.63) is 54.6 Å². The molecule has 2 rings (SSSR count). The van der Waals surface area contributed by atoms with Crippen molar-refractivity contribution >= 4 is 23.0 Å². The summed E-state index contributed by atoms with van der Waals surface area (Å²) in [6, 6.07) is 17.4. The quantitative estimate of drug-likeness (QED) is 0.781. The molecule has 0 aromatic heterocycles. The molecular formula is C16H19N3O. The molecule has 20 heavy (non-hydrogen) atoms. The van der Waals surface area contributed by atoms with Gasteiger partial charge in [0.25, 0.3) is 0 Å². The first-order chi connectivity index (χ1) is 9.63. The molecule has 0 saturated heterocycles. The van der Waals surface area contributed by atoms with Gasteiger partial charge in [-0.25, -0.2) is 0 Å². The van der Waals surface area contributed by atoms with Gasteiger partial charge in [0.1, 0.15) is 0 Å². The summed E-state index contributed by atoms with van der Waals surface area (Å²) in [5.41, 5.74) is 8.36. The highest BCUT2D eigenvalue weighted by Crippen LogP contribution is 2.18. The maximum atomic E-state index is 11.6. The number of anilines is 3. The van der Waals surface area contributed by atoms with Crippen LogP contribution in [-0.2, 0) is 4.79 Å². The molecule has 0 aliphatic heterocycles. The highest BCUT2D eigenvalue weighted by Gasteiger charge is 2.05. The van der Waals surface area contributed by atoms with Gasteiger partial charge in [-0.05, 0) is 43.3 Å². The third-order valence-corrected chi connectivity index (χ3v) is 2.74. The van der Waals surface area contributed by atoms with E-state index in [0.29, 0.717) is 6.42 Å². The smallest absolute Gasteiger partial charge is 0.225 e. The van der Waals surface area contributed by atoms with Crippen molar-refractivity contribution in [3.8, 4) is 0 Å². The highest BCUT2D eigenvalue weighted by atomic mass is 16.1. The van der Waals surface area contributed by atoms with Crippen LogP contribution in [0.4, 0.5) is 17.1 Å². The molecule has 0 aliphatic rings. The first-order valence-electron chi connectivity index (χ1n) is 6.61. The number of hydrogen-bond donors (Lipinski definition) is 3. The Morgan fingerprint density at radius 3 is 2.15 bits per heavy atom. The lowest BCUT2D eigenvalue weighted by atomic mass is 10.2. The molecule has 4 N–H and O–H groups in total. The van der Waals surface area contributed by atoms with E-state index in [1.54, 1.807) is 0 Å². The second-order valence-electron chi connectivity index (χ2n) is 4.80. The molecular weight excluding hydrogens is 250 g/mol. The van der Waals surface area contributed by atoms with Crippen LogP contribution in [0.25, 0.3) is 0 Å². The molecule has 0 spiro atoms. The van der Waals surface area contributed by atoms with Crippen LogP contribution in [0.5, 0.6) is 0 Å². The van der Waals surface area contributed by atoms with Gasteiger partial charge in [0.2, 0.25) is 5.91 Å². The van der Waals surface area contributed by atoms with Crippen LogP contribution in [0.2, 0.25) is 0 Å². The van der Waals surface area contributed by atoms with Gasteiger partial charge in [0.05, 0.1) is 0 Å². The molecule has 0 radical (unpaired) electrons. The number of benzene rings is 2. The predicted molar refractivity (Wildman–Crippen MR) is 83.1 cm³/mol. The van der Waals surface area contributed by atoms with Crippen molar-refractivity contribution in [2.75, 3.05) is 10.6 Å². The Hall–Kier alpha value is -2.33. The average molecular weight is 269 g/mol. The molecule has 4 nitrogen and oxygen atoms in total. The third kappa shape index (κ3) is 4.40. The lowest BCUT2D eigenvalue weighted by Crippen LogP contribution is -2.23. The van der Waals surface area contributed by atoms with Crippen LogP contribution in [0.1, 0.15) is 13.3 Å². The number of rotatable bonds is 5. The number of carbonyl (C=O) groups excluding carboxylic acids is 1. The van der Waals surface area contributed by atoms with Gasteiger partial charge in [-0.15, -0.1) is 0 Å². The lowest BCUT2D eigenvalue weighted by Gasteiger charge is -2.09. The fourth-order valence-corrected chi connectivity index (χ4v) is 1.83. The van der Waals surface area contributed by atoms with Crippen LogP contribution >= 0.6 is 0 Å². The van der Waals surface area contributed by atoms with Gasteiger partial charge in [0.15, 0.2) is 0 Å². The van der Waals surface area contributed by atoms with Crippen molar-refractivity contribution < 1.29 is 4.79 Å². The molecule has 1 atom stereocenters. The number of nitrogens with two attached hydrogens (primary N) is 1. The number of para-hydroxylation sites is 1. The van der Waals surface area contributed by atoms with E-state index in [4.69, 9.17) is 5.73 Å². The summed E-state index contributed by atoms with van der Waals surface area (Å²) in [6.45, 7) is 1.81. The van der Waals surface area contributed by atoms with Crippen molar-refractivity contribution in [2.45, 2.75) is 19.4 Å². The van der Waals surface area contributed by atoms with E-state index in [1.165, 1.54) is 0 Å². The van der Waals surface area contributed by atoms with E-state index in [9.17, 15) is 4.79 Å². The van der Waals surface area contributed by atoms with Crippen molar-refractivity contribution in [2.24, 2.45) is 5.73 Å². The zero-order valence-corrected chi connectivity index (χ0v) is 11.5. The molecule has 2 aromatic carbocycles. The zero-order valence-electron chi connectivity index (χ0n) is 11.5. The Balaban J connectivity index is 1.94. The lowest BCUT2D eigenvalue weighted by molar-refractivity contribution is -0.116.